The van der Waals surface area contributed by atoms with Gasteiger partial charge in [0, 0.05) is 12.1 Å². The summed E-state index contributed by atoms with van der Waals surface area (Å²) < 4.78 is 5.63. The lowest BCUT2D eigenvalue weighted by atomic mass is 10.1. The Hall–Kier alpha value is -2.14. The zero-order valence-corrected chi connectivity index (χ0v) is 12.3. The average molecular weight is 288 g/mol. The highest BCUT2D eigenvalue weighted by Gasteiger charge is 2.11. The maximum atomic E-state index is 12.0. The van der Waals surface area contributed by atoms with Crippen molar-refractivity contribution in [3.05, 3.63) is 68.0 Å². The van der Waals surface area contributed by atoms with Crippen LogP contribution >= 0.6 is 0 Å². The standard InChI is InChI=1S/C16H20N2O3/c1-3-11(2)21-10-13-14(17-16(20)18-15(13)19)9-12-7-5-4-6-8-12/h4-8,11H,3,9-10H2,1-2H3,(H2,17,18,19,20). The molecule has 1 unspecified atom stereocenters. The van der Waals surface area contributed by atoms with Crippen molar-refractivity contribution in [1.29, 1.82) is 0 Å². The fourth-order valence-electron chi connectivity index (χ4n) is 2.01. The molecule has 2 N–H and O–H groups in total. The van der Waals surface area contributed by atoms with E-state index in [0.29, 0.717) is 17.7 Å². The Morgan fingerprint density at radius 2 is 1.86 bits per heavy atom. The third-order valence-corrected chi connectivity index (χ3v) is 3.44. The SMILES string of the molecule is CCC(C)OCc1c(Cc2ccccc2)[nH]c(=O)[nH]c1=O. The van der Waals surface area contributed by atoms with Crippen LogP contribution in [0.15, 0.2) is 39.9 Å². The molecule has 1 aromatic heterocycles. The monoisotopic (exact) mass is 288 g/mol. The fraction of sp³-hybridized carbons (Fsp3) is 0.375. The van der Waals surface area contributed by atoms with Crippen molar-refractivity contribution in [2.24, 2.45) is 0 Å². The van der Waals surface area contributed by atoms with E-state index in [1.54, 1.807) is 0 Å². The molecule has 0 aliphatic heterocycles. The minimum atomic E-state index is -0.488. The van der Waals surface area contributed by atoms with Crippen molar-refractivity contribution in [2.75, 3.05) is 0 Å². The molecule has 2 rings (SSSR count). The van der Waals surface area contributed by atoms with Crippen molar-refractivity contribution in [3.63, 3.8) is 0 Å². The van der Waals surface area contributed by atoms with Crippen molar-refractivity contribution in [3.8, 4) is 0 Å². The lowest BCUT2D eigenvalue weighted by molar-refractivity contribution is 0.0496. The van der Waals surface area contributed by atoms with Gasteiger partial charge in [0.1, 0.15) is 0 Å². The summed E-state index contributed by atoms with van der Waals surface area (Å²) >= 11 is 0. The van der Waals surface area contributed by atoms with Gasteiger partial charge in [-0.1, -0.05) is 37.3 Å². The third kappa shape index (κ3) is 4.16. The Bertz CT molecular complexity index is 689. The molecule has 0 radical (unpaired) electrons. The molecule has 1 atom stereocenters. The Morgan fingerprint density at radius 3 is 2.52 bits per heavy atom. The van der Waals surface area contributed by atoms with Gasteiger partial charge in [0.25, 0.3) is 5.56 Å². The number of aromatic amines is 2. The lowest BCUT2D eigenvalue weighted by Gasteiger charge is -2.12. The molecule has 5 nitrogen and oxygen atoms in total. The van der Waals surface area contributed by atoms with Gasteiger partial charge < -0.3 is 9.72 Å². The minimum Gasteiger partial charge on any atom is -0.374 e. The average Bonchev–Trinajstić information content (AvgIpc) is 2.47. The first kappa shape index (κ1) is 15.3. The number of aromatic nitrogens is 2. The van der Waals surface area contributed by atoms with Gasteiger partial charge in [0.05, 0.1) is 18.3 Å². The summed E-state index contributed by atoms with van der Waals surface area (Å²) in [5.74, 6) is 0. The highest BCUT2D eigenvalue weighted by atomic mass is 16.5. The lowest BCUT2D eigenvalue weighted by Crippen LogP contribution is -2.29. The van der Waals surface area contributed by atoms with Crippen LogP contribution in [0.3, 0.4) is 0 Å². The number of hydrogen-bond donors (Lipinski definition) is 2. The van der Waals surface area contributed by atoms with E-state index >= 15 is 0 Å². The van der Waals surface area contributed by atoms with Crippen molar-refractivity contribution in [1.82, 2.24) is 9.97 Å². The number of benzene rings is 1. The maximum Gasteiger partial charge on any atom is 0.325 e. The van der Waals surface area contributed by atoms with Crippen LogP contribution in [-0.4, -0.2) is 16.1 Å². The number of nitrogens with one attached hydrogen (secondary N) is 2. The summed E-state index contributed by atoms with van der Waals surface area (Å²) in [7, 11) is 0. The predicted molar refractivity (Wildman–Crippen MR) is 81.5 cm³/mol. The van der Waals surface area contributed by atoms with Gasteiger partial charge in [-0.25, -0.2) is 4.79 Å². The van der Waals surface area contributed by atoms with Gasteiger partial charge in [-0.05, 0) is 18.9 Å². The van der Waals surface area contributed by atoms with Gasteiger partial charge in [-0.2, -0.15) is 0 Å². The summed E-state index contributed by atoms with van der Waals surface area (Å²) in [6.45, 7) is 4.17. The highest BCUT2D eigenvalue weighted by molar-refractivity contribution is 5.25. The molecule has 0 aliphatic rings. The number of ether oxygens (including phenoxy) is 1. The molecule has 0 aliphatic carbocycles. The molecular weight excluding hydrogens is 268 g/mol. The molecule has 0 bridgehead atoms. The topological polar surface area (TPSA) is 75.0 Å². The molecule has 0 fully saturated rings. The normalized spacial score (nSPS) is 12.3. The molecule has 0 spiro atoms. The Morgan fingerprint density at radius 1 is 1.14 bits per heavy atom. The highest BCUT2D eigenvalue weighted by Crippen LogP contribution is 2.10. The van der Waals surface area contributed by atoms with E-state index in [0.717, 1.165) is 12.0 Å². The molecule has 2 aromatic rings. The molecule has 0 saturated heterocycles. The zero-order valence-electron chi connectivity index (χ0n) is 12.3. The predicted octanol–water partition coefficient (Wildman–Crippen LogP) is 1.97. The first-order valence-corrected chi connectivity index (χ1v) is 7.10. The molecule has 5 heteroatoms. The van der Waals surface area contributed by atoms with Crippen LogP contribution in [0.4, 0.5) is 0 Å². The maximum absolute atomic E-state index is 12.0. The van der Waals surface area contributed by atoms with Crippen LogP contribution in [-0.2, 0) is 17.8 Å². The van der Waals surface area contributed by atoms with E-state index in [9.17, 15) is 9.59 Å². The molecular formula is C16H20N2O3. The smallest absolute Gasteiger partial charge is 0.325 e. The summed E-state index contributed by atoms with van der Waals surface area (Å²) in [6, 6.07) is 9.69. The van der Waals surface area contributed by atoms with Crippen LogP contribution in [0.5, 0.6) is 0 Å². The zero-order chi connectivity index (χ0) is 15.2. The van der Waals surface area contributed by atoms with Gasteiger partial charge in [-0.15, -0.1) is 0 Å². The van der Waals surface area contributed by atoms with Crippen molar-refractivity contribution < 1.29 is 4.74 Å². The summed E-state index contributed by atoms with van der Waals surface area (Å²) in [6.07, 6.45) is 1.44. The summed E-state index contributed by atoms with van der Waals surface area (Å²) in [5.41, 5.74) is 1.26. The van der Waals surface area contributed by atoms with Crippen LogP contribution in [0.25, 0.3) is 0 Å². The molecule has 21 heavy (non-hydrogen) atoms. The first-order chi connectivity index (χ1) is 10.1. The van der Waals surface area contributed by atoms with E-state index in [1.165, 1.54) is 0 Å². The first-order valence-electron chi connectivity index (χ1n) is 7.10. The van der Waals surface area contributed by atoms with E-state index < -0.39 is 5.69 Å². The summed E-state index contributed by atoms with van der Waals surface area (Å²) in [5, 5.41) is 0. The molecule has 1 aromatic carbocycles. The van der Waals surface area contributed by atoms with Gasteiger partial charge in [0.15, 0.2) is 0 Å². The minimum absolute atomic E-state index is 0.0703. The number of H-pyrrole nitrogens is 2. The van der Waals surface area contributed by atoms with Crippen molar-refractivity contribution >= 4 is 0 Å². The molecule has 0 amide bonds. The fourth-order valence-corrected chi connectivity index (χ4v) is 2.01. The van der Waals surface area contributed by atoms with Crippen LogP contribution < -0.4 is 11.2 Å². The Kier molecular flexibility index (Phi) is 5.11. The quantitative estimate of drug-likeness (QED) is 0.853. The van der Waals surface area contributed by atoms with Crippen LogP contribution in [0, 0.1) is 0 Å². The summed E-state index contributed by atoms with van der Waals surface area (Å²) in [4.78, 5) is 28.5. The van der Waals surface area contributed by atoms with Crippen LogP contribution in [0.2, 0.25) is 0 Å². The second-order valence-electron chi connectivity index (χ2n) is 5.06. The second kappa shape index (κ2) is 7.04. The third-order valence-electron chi connectivity index (χ3n) is 3.44. The van der Waals surface area contributed by atoms with Gasteiger partial charge in [-0.3, -0.25) is 9.78 Å². The van der Waals surface area contributed by atoms with E-state index in [4.69, 9.17) is 4.74 Å². The van der Waals surface area contributed by atoms with Crippen LogP contribution in [0.1, 0.15) is 37.1 Å². The molecule has 112 valence electrons. The largest absolute Gasteiger partial charge is 0.374 e. The van der Waals surface area contributed by atoms with Gasteiger partial charge >= 0.3 is 5.69 Å². The van der Waals surface area contributed by atoms with E-state index in [-0.39, 0.29) is 18.3 Å². The van der Waals surface area contributed by atoms with E-state index in [2.05, 4.69) is 9.97 Å². The Labute approximate surface area is 123 Å². The van der Waals surface area contributed by atoms with E-state index in [1.807, 2.05) is 44.2 Å². The molecule has 0 saturated carbocycles. The number of hydrogen-bond acceptors (Lipinski definition) is 3. The van der Waals surface area contributed by atoms with Gasteiger partial charge in [0.2, 0.25) is 0 Å². The van der Waals surface area contributed by atoms with Crippen molar-refractivity contribution in [2.45, 2.75) is 39.4 Å². The number of rotatable bonds is 6. The molecule has 1 heterocycles. The second-order valence-corrected chi connectivity index (χ2v) is 5.06. The Balaban J connectivity index is 2.30.